The number of halogens is 1. The molecule has 1 aromatic carbocycles. The van der Waals surface area contributed by atoms with Gasteiger partial charge < -0.3 is 5.73 Å². The van der Waals surface area contributed by atoms with Crippen molar-refractivity contribution in [2.45, 2.75) is 45.6 Å². The Morgan fingerprint density at radius 1 is 1.28 bits per heavy atom. The summed E-state index contributed by atoms with van der Waals surface area (Å²) in [5, 5.41) is 0. The van der Waals surface area contributed by atoms with E-state index in [0.29, 0.717) is 12.2 Å². The molecule has 0 bridgehead atoms. The lowest BCUT2D eigenvalue weighted by Gasteiger charge is -2.12. The third kappa shape index (κ3) is 5.32. The van der Waals surface area contributed by atoms with Gasteiger partial charge in [-0.15, -0.1) is 0 Å². The number of ketones is 1. The molecular formula is C15H22BrNO. The standard InChI is InChI=1S/C15H22BrNO/c1-11(6-5-7-12(2)17)15(18)10-13-8-3-4-9-14(13)16/h3-4,8-9,11-12H,5-7,10,17H2,1-2H3. The highest BCUT2D eigenvalue weighted by atomic mass is 79.9. The topological polar surface area (TPSA) is 43.1 Å². The fraction of sp³-hybridized carbons (Fsp3) is 0.533. The van der Waals surface area contributed by atoms with E-state index in [1.807, 2.05) is 38.1 Å². The maximum absolute atomic E-state index is 12.1. The summed E-state index contributed by atoms with van der Waals surface area (Å²) < 4.78 is 1.01. The summed E-state index contributed by atoms with van der Waals surface area (Å²) in [4.78, 5) is 12.1. The Kier molecular flexibility index (Phi) is 6.58. The average molecular weight is 312 g/mol. The molecule has 1 rings (SSSR count). The number of Topliss-reactive ketones (excluding diaryl/α,β-unsaturated/α-hetero) is 1. The second-order valence-corrected chi connectivity index (χ2v) is 5.90. The van der Waals surface area contributed by atoms with E-state index in [1.165, 1.54) is 0 Å². The van der Waals surface area contributed by atoms with Gasteiger partial charge in [-0.1, -0.05) is 47.5 Å². The number of nitrogens with two attached hydrogens (primary N) is 1. The van der Waals surface area contributed by atoms with Crippen LogP contribution in [0.25, 0.3) is 0 Å². The van der Waals surface area contributed by atoms with Crippen molar-refractivity contribution in [3.63, 3.8) is 0 Å². The molecule has 18 heavy (non-hydrogen) atoms. The SMILES string of the molecule is CC(N)CCCC(C)C(=O)Cc1ccccc1Br. The minimum Gasteiger partial charge on any atom is -0.328 e. The van der Waals surface area contributed by atoms with Gasteiger partial charge in [0, 0.05) is 22.9 Å². The van der Waals surface area contributed by atoms with Crippen LogP contribution in [0, 0.1) is 5.92 Å². The predicted molar refractivity (Wildman–Crippen MR) is 79.5 cm³/mol. The minimum atomic E-state index is 0.121. The van der Waals surface area contributed by atoms with E-state index < -0.39 is 0 Å². The molecule has 1 aromatic rings. The second-order valence-electron chi connectivity index (χ2n) is 5.04. The van der Waals surface area contributed by atoms with Crippen molar-refractivity contribution in [1.82, 2.24) is 0 Å². The van der Waals surface area contributed by atoms with Crippen molar-refractivity contribution in [2.75, 3.05) is 0 Å². The molecule has 0 saturated carbocycles. The maximum atomic E-state index is 12.1. The zero-order valence-electron chi connectivity index (χ0n) is 11.2. The van der Waals surface area contributed by atoms with Gasteiger partial charge >= 0.3 is 0 Å². The highest BCUT2D eigenvalue weighted by Gasteiger charge is 2.14. The van der Waals surface area contributed by atoms with Crippen molar-refractivity contribution in [3.05, 3.63) is 34.3 Å². The molecule has 0 aliphatic rings. The summed E-state index contributed by atoms with van der Waals surface area (Å²) in [6, 6.07) is 8.13. The van der Waals surface area contributed by atoms with Gasteiger partial charge in [0.2, 0.25) is 0 Å². The van der Waals surface area contributed by atoms with Gasteiger partial charge in [0.15, 0.2) is 0 Å². The molecule has 100 valence electrons. The van der Waals surface area contributed by atoms with E-state index in [-0.39, 0.29) is 12.0 Å². The smallest absolute Gasteiger partial charge is 0.140 e. The van der Waals surface area contributed by atoms with Crippen LogP contribution in [0.15, 0.2) is 28.7 Å². The molecule has 0 amide bonds. The minimum absolute atomic E-state index is 0.121. The summed E-state index contributed by atoms with van der Waals surface area (Å²) in [7, 11) is 0. The van der Waals surface area contributed by atoms with Crippen LogP contribution >= 0.6 is 15.9 Å². The lowest BCUT2D eigenvalue weighted by atomic mass is 9.94. The van der Waals surface area contributed by atoms with Crippen LogP contribution in [0.3, 0.4) is 0 Å². The molecule has 2 unspecified atom stereocenters. The summed E-state index contributed by atoms with van der Waals surface area (Å²) in [6.45, 7) is 4.02. The lowest BCUT2D eigenvalue weighted by molar-refractivity contribution is -0.121. The van der Waals surface area contributed by atoms with E-state index >= 15 is 0 Å². The van der Waals surface area contributed by atoms with Gasteiger partial charge in [-0.3, -0.25) is 4.79 Å². The molecular weight excluding hydrogens is 290 g/mol. The van der Waals surface area contributed by atoms with Crippen LogP contribution in [0.4, 0.5) is 0 Å². The van der Waals surface area contributed by atoms with E-state index in [0.717, 1.165) is 29.3 Å². The van der Waals surface area contributed by atoms with Crippen LogP contribution in [0.5, 0.6) is 0 Å². The third-order valence-corrected chi connectivity index (χ3v) is 3.94. The zero-order chi connectivity index (χ0) is 13.5. The van der Waals surface area contributed by atoms with Crippen LogP contribution < -0.4 is 5.73 Å². The van der Waals surface area contributed by atoms with Crippen molar-refractivity contribution in [1.29, 1.82) is 0 Å². The number of carbonyl (C=O) groups is 1. The first-order valence-electron chi connectivity index (χ1n) is 6.52. The van der Waals surface area contributed by atoms with Crippen molar-refractivity contribution in [2.24, 2.45) is 11.7 Å². The van der Waals surface area contributed by atoms with Gasteiger partial charge in [-0.05, 0) is 31.4 Å². The number of carbonyl (C=O) groups excluding carboxylic acids is 1. The van der Waals surface area contributed by atoms with Gasteiger partial charge in [0.05, 0.1) is 0 Å². The molecule has 2 N–H and O–H groups in total. The summed E-state index contributed by atoms with van der Waals surface area (Å²) in [5.74, 6) is 0.433. The average Bonchev–Trinajstić information content (AvgIpc) is 2.31. The van der Waals surface area contributed by atoms with Gasteiger partial charge in [0.25, 0.3) is 0 Å². The normalized spacial score (nSPS) is 14.2. The summed E-state index contributed by atoms with van der Waals surface area (Å²) in [6.07, 6.45) is 3.47. The molecule has 0 aliphatic carbocycles. The Morgan fingerprint density at radius 2 is 1.94 bits per heavy atom. The molecule has 3 heteroatoms. The number of hydrogen-bond acceptors (Lipinski definition) is 2. The van der Waals surface area contributed by atoms with Crippen molar-refractivity contribution < 1.29 is 4.79 Å². The van der Waals surface area contributed by atoms with Gasteiger partial charge in [-0.2, -0.15) is 0 Å². The Morgan fingerprint density at radius 3 is 2.56 bits per heavy atom. The first-order valence-corrected chi connectivity index (χ1v) is 7.31. The largest absolute Gasteiger partial charge is 0.328 e. The molecule has 0 heterocycles. The van der Waals surface area contributed by atoms with Crippen LogP contribution in [-0.2, 0) is 11.2 Å². The number of benzene rings is 1. The highest BCUT2D eigenvalue weighted by molar-refractivity contribution is 9.10. The van der Waals surface area contributed by atoms with E-state index in [1.54, 1.807) is 0 Å². The van der Waals surface area contributed by atoms with E-state index in [4.69, 9.17) is 5.73 Å². The fourth-order valence-corrected chi connectivity index (χ4v) is 2.34. The molecule has 0 aromatic heterocycles. The Hall–Kier alpha value is -0.670. The lowest BCUT2D eigenvalue weighted by Crippen LogP contribution is -2.17. The molecule has 0 fully saturated rings. The molecule has 0 saturated heterocycles. The predicted octanol–water partition coefficient (Wildman–Crippen LogP) is 3.71. The molecule has 0 radical (unpaired) electrons. The molecule has 2 atom stereocenters. The third-order valence-electron chi connectivity index (χ3n) is 3.17. The second kappa shape index (κ2) is 7.70. The number of rotatable bonds is 7. The van der Waals surface area contributed by atoms with Crippen molar-refractivity contribution >= 4 is 21.7 Å². The quantitative estimate of drug-likeness (QED) is 0.834. The van der Waals surface area contributed by atoms with E-state index in [2.05, 4.69) is 15.9 Å². The van der Waals surface area contributed by atoms with Gasteiger partial charge in [-0.25, -0.2) is 0 Å². The maximum Gasteiger partial charge on any atom is 0.140 e. The molecule has 0 aliphatic heterocycles. The highest BCUT2D eigenvalue weighted by Crippen LogP contribution is 2.19. The Labute approximate surface area is 118 Å². The summed E-state index contributed by atoms with van der Waals surface area (Å²) >= 11 is 3.48. The van der Waals surface area contributed by atoms with Gasteiger partial charge in [0.1, 0.15) is 5.78 Å². The first kappa shape index (κ1) is 15.4. The Bertz CT molecular complexity index is 390. The van der Waals surface area contributed by atoms with Crippen LogP contribution in [0.2, 0.25) is 0 Å². The monoisotopic (exact) mass is 311 g/mol. The fourth-order valence-electron chi connectivity index (χ4n) is 1.91. The van der Waals surface area contributed by atoms with E-state index in [9.17, 15) is 4.79 Å². The first-order chi connectivity index (χ1) is 8.50. The molecule has 0 spiro atoms. The van der Waals surface area contributed by atoms with Crippen LogP contribution in [0.1, 0.15) is 38.7 Å². The summed E-state index contributed by atoms with van der Waals surface area (Å²) in [5.41, 5.74) is 6.78. The molecule has 2 nitrogen and oxygen atoms in total. The Balaban J connectivity index is 2.43. The number of hydrogen-bond donors (Lipinski definition) is 1. The van der Waals surface area contributed by atoms with Crippen molar-refractivity contribution in [3.8, 4) is 0 Å². The van der Waals surface area contributed by atoms with Crippen LogP contribution in [-0.4, -0.2) is 11.8 Å². The zero-order valence-corrected chi connectivity index (χ0v) is 12.7.